The number of rotatable bonds is 6. The van der Waals surface area contributed by atoms with Crippen molar-refractivity contribution >= 4 is 43.7 Å². The molecule has 0 saturated heterocycles. The van der Waals surface area contributed by atoms with Crippen molar-refractivity contribution in [3.8, 4) is 62.1 Å². The van der Waals surface area contributed by atoms with Gasteiger partial charge in [-0.3, -0.25) is 0 Å². The maximum Gasteiger partial charge on any atom is 0.164 e. The normalized spacial score (nSPS) is 11.6. The second kappa shape index (κ2) is 13.0. The molecule has 0 bridgehead atoms. The molecule has 8 aromatic carbocycles. The van der Waals surface area contributed by atoms with Gasteiger partial charge in [0, 0.05) is 38.5 Å². The molecule has 11 rings (SSSR count). The minimum atomic E-state index is 0.575. The first-order chi connectivity index (χ1) is 27.7. The Kier molecular flexibility index (Phi) is 7.42. The van der Waals surface area contributed by atoms with Crippen molar-refractivity contribution < 1.29 is 4.42 Å². The van der Waals surface area contributed by atoms with E-state index in [0.29, 0.717) is 17.5 Å². The fourth-order valence-corrected chi connectivity index (χ4v) is 8.00. The van der Waals surface area contributed by atoms with E-state index >= 15 is 0 Å². The molecule has 0 atom stereocenters. The van der Waals surface area contributed by atoms with Gasteiger partial charge in [-0.05, 0) is 76.9 Å². The first-order valence-electron chi connectivity index (χ1n) is 18.8. The number of nitrogens with zero attached hydrogens (tertiary/aromatic N) is 4. The summed E-state index contributed by atoms with van der Waals surface area (Å²) in [7, 11) is 0. The number of hydrogen-bond donors (Lipinski definition) is 0. The summed E-state index contributed by atoms with van der Waals surface area (Å²) in [5.41, 5.74) is 12.1. The zero-order valence-corrected chi connectivity index (χ0v) is 30.2. The SMILES string of the molecule is c1ccc(-c2cccc(-c3nc(-c4cccc(-c5ccccc5)c4)nc(-c4ccc5c(c4)oc4ccc6c7ccccc7n(-c7ccccc7)c6c45)n3)c2)cc1. The van der Waals surface area contributed by atoms with Crippen LogP contribution >= 0.6 is 0 Å². The number of aromatic nitrogens is 4. The van der Waals surface area contributed by atoms with Crippen LogP contribution in [0.4, 0.5) is 0 Å². The zero-order chi connectivity index (χ0) is 37.0. The van der Waals surface area contributed by atoms with Crippen molar-refractivity contribution in [1.82, 2.24) is 19.5 Å². The monoisotopic (exact) mass is 716 g/mol. The average Bonchev–Trinajstić information content (AvgIpc) is 3.82. The van der Waals surface area contributed by atoms with Crippen LogP contribution in [0.25, 0.3) is 106 Å². The molecule has 0 fully saturated rings. The van der Waals surface area contributed by atoms with E-state index in [0.717, 1.165) is 77.6 Å². The van der Waals surface area contributed by atoms with Gasteiger partial charge in [-0.1, -0.05) is 140 Å². The van der Waals surface area contributed by atoms with Crippen LogP contribution < -0.4 is 0 Å². The third-order valence-corrected chi connectivity index (χ3v) is 10.6. The van der Waals surface area contributed by atoms with Crippen molar-refractivity contribution in [3.05, 3.63) is 194 Å². The Labute approximate surface area is 322 Å². The highest BCUT2D eigenvalue weighted by atomic mass is 16.3. The molecular formula is C51H32N4O. The molecule has 0 N–H and O–H groups in total. The van der Waals surface area contributed by atoms with Crippen molar-refractivity contribution in [3.63, 3.8) is 0 Å². The molecule has 0 amide bonds. The van der Waals surface area contributed by atoms with Crippen LogP contribution in [0.2, 0.25) is 0 Å². The topological polar surface area (TPSA) is 56.7 Å². The number of hydrogen-bond acceptors (Lipinski definition) is 4. The molecule has 11 aromatic rings. The van der Waals surface area contributed by atoms with Gasteiger partial charge in [0.2, 0.25) is 0 Å². The van der Waals surface area contributed by atoms with Crippen LogP contribution in [-0.2, 0) is 0 Å². The lowest BCUT2D eigenvalue weighted by Gasteiger charge is -2.11. The van der Waals surface area contributed by atoms with Crippen LogP contribution in [0.15, 0.2) is 199 Å². The highest BCUT2D eigenvalue weighted by Gasteiger charge is 2.20. The summed E-state index contributed by atoms with van der Waals surface area (Å²) in [6.45, 7) is 0. The van der Waals surface area contributed by atoms with Crippen molar-refractivity contribution in [2.75, 3.05) is 0 Å². The highest BCUT2D eigenvalue weighted by molar-refractivity contribution is 6.24. The predicted octanol–water partition coefficient (Wildman–Crippen LogP) is 13.2. The number of furan rings is 1. The Bertz CT molecular complexity index is 3140. The summed E-state index contributed by atoms with van der Waals surface area (Å²) in [5, 5.41) is 4.51. The lowest BCUT2D eigenvalue weighted by Crippen LogP contribution is -2.00. The largest absolute Gasteiger partial charge is 0.456 e. The lowest BCUT2D eigenvalue weighted by atomic mass is 10.0. The second-order valence-electron chi connectivity index (χ2n) is 14.0. The van der Waals surface area contributed by atoms with Gasteiger partial charge in [0.15, 0.2) is 17.5 Å². The molecular weight excluding hydrogens is 685 g/mol. The standard InChI is InChI=1S/C51H32N4O/c1-4-14-33(15-5-1)35-18-12-20-37(30-35)49-52-50(38-21-13-19-36(31-38)34-16-6-2-7-17-34)54-51(53-49)39-26-27-43-46(32-39)56-45-29-28-42-41-24-10-11-25-44(41)55(48(42)47(43)45)40-22-8-3-9-23-40/h1-32H. The van der Waals surface area contributed by atoms with E-state index in [1.165, 1.54) is 10.8 Å². The van der Waals surface area contributed by atoms with E-state index in [1.807, 2.05) is 12.1 Å². The number of benzene rings is 8. The maximum atomic E-state index is 6.68. The molecule has 0 saturated carbocycles. The second-order valence-corrected chi connectivity index (χ2v) is 14.0. The van der Waals surface area contributed by atoms with E-state index in [1.54, 1.807) is 0 Å². The van der Waals surface area contributed by atoms with E-state index in [4.69, 9.17) is 19.4 Å². The predicted molar refractivity (Wildman–Crippen MR) is 229 cm³/mol. The maximum absolute atomic E-state index is 6.68. The molecule has 5 heteroatoms. The fraction of sp³-hybridized carbons (Fsp3) is 0. The summed E-state index contributed by atoms with van der Waals surface area (Å²) < 4.78 is 9.04. The molecule has 0 unspecified atom stereocenters. The third-order valence-electron chi connectivity index (χ3n) is 10.6. The minimum absolute atomic E-state index is 0.575. The van der Waals surface area contributed by atoms with Gasteiger partial charge in [-0.25, -0.2) is 15.0 Å². The van der Waals surface area contributed by atoms with Crippen LogP contribution in [0.5, 0.6) is 0 Å². The first kappa shape index (κ1) is 31.9. The van der Waals surface area contributed by atoms with Crippen molar-refractivity contribution in [2.24, 2.45) is 0 Å². The summed E-state index contributed by atoms with van der Waals surface area (Å²) >= 11 is 0. The summed E-state index contributed by atoms with van der Waals surface area (Å²) in [5.74, 6) is 1.78. The molecule has 3 aromatic heterocycles. The van der Waals surface area contributed by atoms with Gasteiger partial charge in [0.05, 0.1) is 16.4 Å². The van der Waals surface area contributed by atoms with E-state index < -0.39 is 0 Å². The van der Waals surface area contributed by atoms with E-state index in [9.17, 15) is 0 Å². The lowest BCUT2D eigenvalue weighted by molar-refractivity contribution is 0.669. The Hall–Kier alpha value is -7.63. The molecule has 0 aliphatic rings. The van der Waals surface area contributed by atoms with Crippen LogP contribution in [0.1, 0.15) is 0 Å². The Morgan fingerprint density at radius 1 is 0.339 bits per heavy atom. The minimum Gasteiger partial charge on any atom is -0.456 e. The van der Waals surface area contributed by atoms with Gasteiger partial charge < -0.3 is 8.98 Å². The quantitative estimate of drug-likeness (QED) is 0.172. The summed E-state index contributed by atoms with van der Waals surface area (Å²) in [6.07, 6.45) is 0. The van der Waals surface area contributed by atoms with Crippen LogP contribution in [-0.4, -0.2) is 19.5 Å². The smallest absolute Gasteiger partial charge is 0.164 e. The molecule has 3 heterocycles. The molecule has 0 radical (unpaired) electrons. The van der Waals surface area contributed by atoms with Crippen LogP contribution in [0, 0.1) is 0 Å². The molecule has 0 spiro atoms. The van der Waals surface area contributed by atoms with Crippen molar-refractivity contribution in [2.45, 2.75) is 0 Å². The number of fused-ring (bicyclic) bond motifs is 7. The van der Waals surface area contributed by atoms with Gasteiger partial charge in [0.25, 0.3) is 0 Å². The molecule has 5 nitrogen and oxygen atoms in total. The Morgan fingerprint density at radius 3 is 1.46 bits per heavy atom. The van der Waals surface area contributed by atoms with Gasteiger partial charge in [-0.15, -0.1) is 0 Å². The molecule has 0 aliphatic carbocycles. The molecule has 0 aliphatic heterocycles. The highest BCUT2D eigenvalue weighted by Crippen LogP contribution is 2.42. The molecule has 56 heavy (non-hydrogen) atoms. The Morgan fingerprint density at radius 2 is 0.839 bits per heavy atom. The average molecular weight is 717 g/mol. The van der Waals surface area contributed by atoms with Gasteiger partial charge >= 0.3 is 0 Å². The summed E-state index contributed by atoms with van der Waals surface area (Å²) in [4.78, 5) is 15.4. The Balaban J connectivity index is 1.11. The van der Waals surface area contributed by atoms with Crippen LogP contribution in [0.3, 0.4) is 0 Å². The fourth-order valence-electron chi connectivity index (χ4n) is 8.00. The zero-order valence-electron chi connectivity index (χ0n) is 30.2. The van der Waals surface area contributed by atoms with Crippen molar-refractivity contribution in [1.29, 1.82) is 0 Å². The summed E-state index contributed by atoms with van der Waals surface area (Å²) in [6, 6.07) is 67.3. The van der Waals surface area contributed by atoms with E-state index in [-0.39, 0.29) is 0 Å². The number of para-hydroxylation sites is 2. The van der Waals surface area contributed by atoms with Gasteiger partial charge in [0.1, 0.15) is 11.2 Å². The first-order valence-corrected chi connectivity index (χ1v) is 18.8. The molecule has 262 valence electrons. The van der Waals surface area contributed by atoms with E-state index in [2.05, 4.69) is 187 Å². The van der Waals surface area contributed by atoms with Gasteiger partial charge in [-0.2, -0.15) is 0 Å². The third kappa shape index (κ3) is 5.37.